The second kappa shape index (κ2) is 8.86. The van der Waals surface area contributed by atoms with Gasteiger partial charge in [0.05, 0.1) is 0 Å². The number of hydrogen-bond acceptors (Lipinski definition) is 5. The zero-order chi connectivity index (χ0) is 19.4. The minimum Gasteiger partial charge on any atom is -0.348 e. The zero-order valence-electron chi connectivity index (χ0n) is 16.1. The fraction of sp³-hybridized carbons (Fsp3) is 0.632. The molecule has 3 heterocycles. The fourth-order valence-electron chi connectivity index (χ4n) is 3.56. The molecule has 0 radical (unpaired) electrons. The van der Waals surface area contributed by atoms with Crippen LogP contribution in [-0.4, -0.2) is 62.3 Å². The third-order valence-corrected chi connectivity index (χ3v) is 8.18. The molecule has 1 aromatic heterocycles. The molecule has 0 atom stereocenters. The molecule has 2 aliphatic rings. The highest BCUT2D eigenvalue weighted by molar-refractivity contribution is 7.89. The fourth-order valence-corrected chi connectivity index (χ4v) is 6.38. The monoisotopic (exact) mass is 411 g/mol. The highest BCUT2D eigenvalue weighted by Crippen LogP contribution is 2.28. The summed E-state index contributed by atoms with van der Waals surface area (Å²) < 4.78 is 27.1. The first-order valence-electron chi connectivity index (χ1n) is 9.62. The van der Waals surface area contributed by atoms with Gasteiger partial charge in [0, 0.05) is 38.8 Å². The number of nitrogens with one attached hydrogen (secondary N) is 1. The number of sulfonamides is 1. The number of likely N-dealkylation sites (tertiary alicyclic amines) is 1. The molecule has 150 valence electrons. The average molecular weight is 412 g/mol. The summed E-state index contributed by atoms with van der Waals surface area (Å²) in [6.07, 6.45) is 5.77. The van der Waals surface area contributed by atoms with Gasteiger partial charge in [-0.3, -0.25) is 9.69 Å². The van der Waals surface area contributed by atoms with Gasteiger partial charge in [0.15, 0.2) is 0 Å². The maximum atomic E-state index is 12.8. The molecule has 1 aromatic rings. The van der Waals surface area contributed by atoms with Crippen LogP contribution in [0.5, 0.6) is 0 Å². The van der Waals surface area contributed by atoms with Crippen molar-refractivity contribution in [3.63, 3.8) is 0 Å². The molecular weight excluding hydrogens is 382 g/mol. The van der Waals surface area contributed by atoms with Crippen molar-refractivity contribution < 1.29 is 13.2 Å². The molecule has 2 saturated heterocycles. The van der Waals surface area contributed by atoms with Gasteiger partial charge in [-0.25, -0.2) is 8.42 Å². The predicted molar refractivity (Wildman–Crippen MR) is 109 cm³/mol. The van der Waals surface area contributed by atoms with Crippen LogP contribution in [0.2, 0.25) is 0 Å². The van der Waals surface area contributed by atoms with E-state index in [2.05, 4.69) is 30.1 Å². The predicted octanol–water partition coefficient (Wildman–Crippen LogP) is 2.69. The van der Waals surface area contributed by atoms with Crippen molar-refractivity contribution in [1.29, 1.82) is 0 Å². The van der Waals surface area contributed by atoms with E-state index in [9.17, 15) is 13.2 Å². The minimum absolute atomic E-state index is 0.102. The molecule has 1 amide bonds. The summed E-state index contributed by atoms with van der Waals surface area (Å²) in [6.45, 7) is 8.12. The number of carbonyl (C=O) groups is 1. The lowest BCUT2D eigenvalue weighted by molar-refractivity contribution is 0.0915. The van der Waals surface area contributed by atoms with Crippen LogP contribution in [-0.2, 0) is 10.0 Å². The molecule has 6 nitrogen and oxygen atoms in total. The number of thiophene rings is 1. The Morgan fingerprint density at radius 2 is 1.89 bits per heavy atom. The quantitative estimate of drug-likeness (QED) is 0.731. The molecule has 0 saturated carbocycles. The Hall–Kier alpha value is -1.22. The Bertz CT molecular complexity index is 783. The number of carbonyl (C=O) groups excluding carboxylic acids is 1. The maximum Gasteiger partial charge on any atom is 0.262 e. The van der Waals surface area contributed by atoms with Crippen molar-refractivity contribution in [3.8, 4) is 0 Å². The van der Waals surface area contributed by atoms with Gasteiger partial charge in [-0.05, 0) is 51.0 Å². The zero-order valence-corrected chi connectivity index (χ0v) is 17.7. The van der Waals surface area contributed by atoms with Crippen molar-refractivity contribution in [1.82, 2.24) is 14.5 Å². The Balaban J connectivity index is 1.60. The Morgan fingerprint density at radius 3 is 2.52 bits per heavy atom. The minimum atomic E-state index is -3.57. The van der Waals surface area contributed by atoms with E-state index in [1.807, 2.05) is 0 Å². The third-order valence-electron chi connectivity index (χ3n) is 5.20. The summed E-state index contributed by atoms with van der Waals surface area (Å²) >= 11 is 1.21. The number of hydrogen-bond donors (Lipinski definition) is 1. The van der Waals surface area contributed by atoms with Crippen LogP contribution in [0.1, 0.15) is 49.2 Å². The van der Waals surface area contributed by atoms with E-state index in [0.717, 1.165) is 45.3 Å². The van der Waals surface area contributed by atoms with Crippen LogP contribution < -0.4 is 5.32 Å². The summed E-state index contributed by atoms with van der Waals surface area (Å²) in [7, 11) is -3.57. The lowest BCUT2D eigenvalue weighted by atomic mass is 10.0. The Labute approximate surface area is 166 Å². The van der Waals surface area contributed by atoms with Crippen LogP contribution >= 0.6 is 11.3 Å². The molecule has 27 heavy (non-hydrogen) atoms. The van der Waals surface area contributed by atoms with Gasteiger partial charge in [0.2, 0.25) is 10.0 Å². The lowest BCUT2D eigenvalue weighted by Crippen LogP contribution is -2.44. The lowest BCUT2D eigenvalue weighted by Gasteiger charge is -2.31. The first-order chi connectivity index (χ1) is 12.9. The van der Waals surface area contributed by atoms with Gasteiger partial charge >= 0.3 is 0 Å². The first kappa shape index (κ1) is 20.5. The molecule has 2 fully saturated rings. The van der Waals surface area contributed by atoms with E-state index >= 15 is 0 Å². The second-order valence-electron chi connectivity index (χ2n) is 7.55. The van der Waals surface area contributed by atoms with Crippen LogP contribution in [0.3, 0.4) is 0 Å². The number of amides is 1. The third kappa shape index (κ3) is 4.99. The normalized spacial score (nSPS) is 19.9. The standard InChI is InChI=1S/C19H29N3O3S2/c1-15(2)5-11-21-12-6-16(7-13-21)20-19(23)18-17(8-14-26-18)27(24,25)22-9-3-4-10-22/h5,8,14,16H,3-4,6-7,9-13H2,1-2H3,(H,20,23). The largest absolute Gasteiger partial charge is 0.348 e. The highest BCUT2D eigenvalue weighted by atomic mass is 32.2. The maximum absolute atomic E-state index is 12.8. The SMILES string of the molecule is CC(C)=CCN1CCC(NC(=O)c2sccc2S(=O)(=O)N2CCCC2)CC1. The Kier molecular flexibility index (Phi) is 6.73. The molecule has 0 unspecified atom stereocenters. The number of allylic oxidation sites excluding steroid dienone is 1. The van der Waals surface area contributed by atoms with Gasteiger partial charge in [-0.2, -0.15) is 4.31 Å². The van der Waals surface area contributed by atoms with Gasteiger partial charge in [0.1, 0.15) is 9.77 Å². The smallest absolute Gasteiger partial charge is 0.262 e. The summed E-state index contributed by atoms with van der Waals surface area (Å²) in [5.41, 5.74) is 1.31. The first-order valence-corrected chi connectivity index (χ1v) is 11.9. The summed E-state index contributed by atoms with van der Waals surface area (Å²) in [4.78, 5) is 15.6. The topological polar surface area (TPSA) is 69.7 Å². The van der Waals surface area contributed by atoms with Crippen molar-refractivity contribution in [3.05, 3.63) is 28.0 Å². The van der Waals surface area contributed by atoms with E-state index in [4.69, 9.17) is 0 Å². The second-order valence-corrected chi connectivity index (χ2v) is 10.4. The van der Waals surface area contributed by atoms with Crippen molar-refractivity contribution in [2.24, 2.45) is 0 Å². The molecule has 3 rings (SSSR count). The summed E-state index contributed by atoms with van der Waals surface area (Å²) in [5.74, 6) is -0.259. The highest BCUT2D eigenvalue weighted by Gasteiger charge is 2.32. The molecule has 2 aliphatic heterocycles. The van der Waals surface area contributed by atoms with Gasteiger partial charge < -0.3 is 5.32 Å². The molecule has 0 spiro atoms. The number of rotatable bonds is 6. The Morgan fingerprint density at radius 1 is 1.22 bits per heavy atom. The van der Waals surface area contributed by atoms with Crippen LogP contribution in [0.15, 0.2) is 28.0 Å². The van der Waals surface area contributed by atoms with E-state index < -0.39 is 10.0 Å². The van der Waals surface area contributed by atoms with E-state index in [-0.39, 0.29) is 16.8 Å². The summed E-state index contributed by atoms with van der Waals surface area (Å²) in [5, 5.41) is 4.75. The molecule has 1 N–H and O–H groups in total. The van der Waals surface area contributed by atoms with E-state index in [1.54, 1.807) is 11.4 Å². The van der Waals surface area contributed by atoms with Crippen LogP contribution in [0.25, 0.3) is 0 Å². The van der Waals surface area contributed by atoms with Gasteiger partial charge in [-0.15, -0.1) is 11.3 Å². The van der Waals surface area contributed by atoms with E-state index in [0.29, 0.717) is 18.0 Å². The van der Waals surface area contributed by atoms with Crippen molar-refractivity contribution >= 4 is 27.3 Å². The molecule has 0 aliphatic carbocycles. The van der Waals surface area contributed by atoms with Gasteiger partial charge in [0.25, 0.3) is 5.91 Å². The average Bonchev–Trinajstić information content (AvgIpc) is 3.33. The molecule has 0 bridgehead atoms. The van der Waals surface area contributed by atoms with Crippen molar-refractivity contribution in [2.75, 3.05) is 32.7 Å². The van der Waals surface area contributed by atoms with E-state index in [1.165, 1.54) is 21.2 Å². The number of nitrogens with zero attached hydrogens (tertiary/aromatic N) is 2. The van der Waals surface area contributed by atoms with Crippen molar-refractivity contribution in [2.45, 2.75) is 50.5 Å². The molecule has 8 heteroatoms. The molecular formula is C19H29N3O3S2. The van der Waals surface area contributed by atoms with Gasteiger partial charge in [-0.1, -0.05) is 11.6 Å². The van der Waals surface area contributed by atoms with Crippen LogP contribution in [0, 0.1) is 0 Å². The molecule has 0 aromatic carbocycles. The van der Waals surface area contributed by atoms with Crippen LogP contribution in [0.4, 0.5) is 0 Å². The summed E-state index contributed by atoms with van der Waals surface area (Å²) in [6, 6.07) is 1.67. The number of piperidine rings is 1.